The van der Waals surface area contributed by atoms with E-state index in [0.717, 1.165) is 11.3 Å². The van der Waals surface area contributed by atoms with Crippen molar-refractivity contribution in [3.8, 4) is 11.8 Å². The van der Waals surface area contributed by atoms with Crippen molar-refractivity contribution in [3.63, 3.8) is 0 Å². The SMILES string of the molecule is CN1CC[C@@](O)(C#Cc2cccc(NC(=O)c3n[nH]c4c3CN([S+](C)[O-])CC4)c2)C1=O. The third kappa shape index (κ3) is 4.31. The molecule has 4 rings (SSSR count). The first-order valence-corrected chi connectivity index (χ1v) is 11.4. The second-order valence-corrected chi connectivity index (χ2v) is 9.05. The molecule has 2 aromatic rings. The van der Waals surface area contributed by atoms with E-state index in [9.17, 15) is 19.2 Å². The summed E-state index contributed by atoms with van der Waals surface area (Å²) in [5.41, 5.74) is 1.31. The lowest BCUT2D eigenvalue weighted by Gasteiger charge is -2.25. The Balaban J connectivity index is 1.50. The summed E-state index contributed by atoms with van der Waals surface area (Å²) in [4.78, 5) is 26.3. The van der Waals surface area contributed by atoms with Crippen LogP contribution in [0.3, 0.4) is 0 Å². The van der Waals surface area contributed by atoms with Crippen molar-refractivity contribution < 1.29 is 19.2 Å². The van der Waals surface area contributed by atoms with Crippen LogP contribution in [0, 0.1) is 11.8 Å². The molecule has 2 amide bonds. The van der Waals surface area contributed by atoms with Crippen LogP contribution in [0.25, 0.3) is 0 Å². The number of H-pyrrole nitrogens is 1. The van der Waals surface area contributed by atoms with E-state index in [-0.39, 0.29) is 18.0 Å². The molecule has 2 atom stereocenters. The average molecular weight is 442 g/mol. The van der Waals surface area contributed by atoms with E-state index in [4.69, 9.17) is 0 Å². The number of amides is 2. The van der Waals surface area contributed by atoms with Gasteiger partial charge in [0, 0.05) is 60.3 Å². The number of aromatic amines is 1. The molecular weight excluding hydrogens is 418 g/mol. The second kappa shape index (κ2) is 8.36. The monoisotopic (exact) mass is 441 g/mol. The van der Waals surface area contributed by atoms with Gasteiger partial charge < -0.3 is 19.9 Å². The number of likely N-dealkylation sites (N-methyl/N-ethyl adjacent to an activating group) is 1. The molecule has 0 saturated carbocycles. The molecule has 0 spiro atoms. The van der Waals surface area contributed by atoms with Crippen LogP contribution in [0.2, 0.25) is 0 Å². The Morgan fingerprint density at radius 1 is 1.42 bits per heavy atom. The van der Waals surface area contributed by atoms with E-state index in [0.29, 0.717) is 37.3 Å². The van der Waals surface area contributed by atoms with Crippen LogP contribution in [0.4, 0.5) is 5.69 Å². The van der Waals surface area contributed by atoms with Crippen LogP contribution in [-0.2, 0) is 29.1 Å². The number of hydrogen-bond acceptors (Lipinski definition) is 6. The molecule has 1 aromatic carbocycles. The number of fused-ring (bicyclic) bond motifs is 1. The Hall–Kier alpha value is -2.84. The zero-order valence-electron chi connectivity index (χ0n) is 17.3. The maximum absolute atomic E-state index is 12.8. The lowest BCUT2D eigenvalue weighted by molar-refractivity contribution is -0.137. The molecule has 1 aromatic heterocycles. The van der Waals surface area contributed by atoms with Crippen molar-refractivity contribution in [1.82, 2.24) is 19.4 Å². The van der Waals surface area contributed by atoms with E-state index in [1.54, 1.807) is 41.9 Å². The second-order valence-electron chi connectivity index (χ2n) is 7.69. The minimum absolute atomic E-state index is 0.260. The molecule has 162 valence electrons. The largest absolute Gasteiger partial charge is 0.598 e. The Bertz CT molecular complexity index is 1090. The number of hydrogen-bond donors (Lipinski definition) is 3. The van der Waals surface area contributed by atoms with Gasteiger partial charge in [-0.2, -0.15) is 5.10 Å². The van der Waals surface area contributed by atoms with E-state index in [2.05, 4.69) is 27.4 Å². The van der Waals surface area contributed by atoms with Gasteiger partial charge in [-0.25, -0.2) is 0 Å². The molecule has 1 fully saturated rings. The number of nitrogens with one attached hydrogen (secondary N) is 2. The summed E-state index contributed by atoms with van der Waals surface area (Å²) in [6, 6.07) is 6.86. The summed E-state index contributed by atoms with van der Waals surface area (Å²) in [7, 11) is 1.63. The van der Waals surface area contributed by atoms with Crippen molar-refractivity contribution in [2.45, 2.75) is 25.0 Å². The van der Waals surface area contributed by atoms with Gasteiger partial charge in [0.05, 0.1) is 13.1 Å². The van der Waals surface area contributed by atoms with Gasteiger partial charge in [0.2, 0.25) is 5.60 Å². The number of nitrogens with zero attached hydrogens (tertiary/aromatic N) is 3. The van der Waals surface area contributed by atoms with E-state index >= 15 is 0 Å². The number of aliphatic hydroxyl groups is 1. The van der Waals surface area contributed by atoms with Gasteiger partial charge in [-0.1, -0.05) is 17.9 Å². The third-order valence-corrected chi connectivity index (χ3v) is 6.56. The summed E-state index contributed by atoms with van der Waals surface area (Å²) >= 11 is -1.12. The molecule has 1 unspecified atom stereocenters. The predicted octanol–water partition coefficient (Wildman–Crippen LogP) is 0.258. The van der Waals surface area contributed by atoms with Gasteiger partial charge in [0.25, 0.3) is 11.8 Å². The smallest absolute Gasteiger partial charge is 0.276 e. The van der Waals surface area contributed by atoms with Crippen molar-refractivity contribution in [3.05, 3.63) is 46.8 Å². The standard InChI is InChI=1S/C21H23N5O4S/c1-25-11-9-21(29,20(25)28)8-6-14-4-3-5-15(12-14)22-19(27)18-16-13-26(31(2)30)10-7-17(16)23-24-18/h3-5,12,29H,7,9-11,13H2,1-2H3,(H,22,27)(H,23,24)/t21-,31?/m0/s1. The summed E-state index contributed by atoms with van der Waals surface area (Å²) in [5.74, 6) is 4.72. The number of rotatable bonds is 3. The molecule has 1 saturated heterocycles. The zero-order valence-corrected chi connectivity index (χ0v) is 18.1. The molecule has 3 N–H and O–H groups in total. The molecule has 2 aliphatic rings. The van der Waals surface area contributed by atoms with Crippen LogP contribution >= 0.6 is 0 Å². The molecule has 2 aliphatic heterocycles. The van der Waals surface area contributed by atoms with Gasteiger partial charge in [-0.05, 0) is 18.2 Å². The Morgan fingerprint density at radius 3 is 2.94 bits per heavy atom. The first-order chi connectivity index (χ1) is 14.8. The highest BCUT2D eigenvalue weighted by Gasteiger charge is 2.42. The highest BCUT2D eigenvalue weighted by Crippen LogP contribution is 2.24. The lowest BCUT2D eigenvalue weighted by atomic mass is 10.0. The highest BCUT2D eigenvalue weighted by molar-refractivity contribution is 7.88. The fourth-order valence-corrected chi connectivity index (χ4v) is 4.35. The number of carbonyl (C=O) groups excluding carboxylic acids is 2. The summed E-state index contributed by atoms with van der Waals surface area (Å²) in [5, 5.41) is 20.3. The third-order valence-electron chi connectivity index (χ3n) is 5.52. The molecule has 0 radical (unpaired) electrons. The van der Waals surface area contributed by atoms with Crippen molar-refractivity contribution >= 4 is 28.9 Å². The average Bonchev–Trinajstić information content (AvgIpc) is 3.29. The van der Waals surface area contributed by atoms with Crippen LogP contribution in [0.5, 0.6) is 0 Å². The normalized spacial score (nSPS) is 21.9. The van der Waals surface area contributed by atoms with Crippen LogP contribution in [0.15, 0.2) is 24.3 Å². The van der Waals surface area contributed by atoms with Crippen LogP contribution in [-0.4, -0.2) is 72.9 Å². The van der Waals surface area contributed by atoms with Crippen molar-refractivity contribution in [2.24, 2.45) is 0 Å². The fraction of sp³-hybridized carbons (Fsp3) is 0.381. The Kier molecular flexibility index (Phi) is 5.77. The maximum Gasteiger partial charge on any atom is 0.276 e. The number of carbonyl (C=O) groups is 2. The summed E-state index contributed by atoms with van der Waals surface area (Å²) in [6.45, 7) is 1.49. The van der Waals surface area contributed by atoms with Gasteiger partial charge >= 0.3 is 0 Å². The molecule has 3 heterocycles. The summed E-state index contributed by atoms with van der Waals surface area (Å²) in [6.07, 6.45) is 2.53. The number of anilines is 1. The summed E-state index contributed by atoms with van der Waals surface area (Å²) < 4.78 is 13.6. The van der Waals surface area contributed by atoms with E-state index < -0.39 is 22.9 Å². The fourth-order valence-electron chi connectivity index (χ4n) is 3.69. The van der Waals surface area contributed by atoms with Crippen molar-refractivity contribution in [2.75, 3.05) is 31.7 Å². The zero-order chi connectivity index (χ0) is 22.2. The van der Waals surface area contributed by atoms with E-state index in [1.807, 2.05) is 0 Å². The Labute approximate surface area is 183 Å². The van der Waals surface area contributed by atoms with Gasteiger partial charge in [-0.3, -0.25) is 14.7 Å². The minimum atomic E-state index is -1.67. The molecule has 0 bridgehead atoms. The van der Waals surface area contributed by atoms with Gasteiger partial charge in [-0.15, -0.1) is 4.31 Å². The topological polar surface area (TPSA) is 125 Å². The van der Waals surface area contributed by atoms with Crippen LogP contribution in [0.1, 0.15) is 33.7 Å². The molecule has 0 aliphatic carbocycles. The van der Waals surface area contributed by atoms with Crippen LogP contribution < -0.4 is 5.32 Å². The quantitative estimate of drug-likeness (QED) is 0.464. The molecular formula is C21H23N5O4S. The molecule has 9 nitrogen and oxygen atoms in total. The predicted molar refractivity (Wildman–Crippen MR) is 115 cm³/mol. The molecule has 10 heteroatoms. The Morgan fingerprint density at radius 2 is 2.23 bits per heavy atom. The highest BCUT2D eigenvalue weighted by atomic mass is 32.2. The van der Waals surface area contributed by atoms with Crippen molar-refractivity contribution in [1.29, 1.82) is 0 Å². The number of benzene rings is 1. The first kappa shape index (κ1) is 21.4. The first-order valence-electron chi connectivity index (χ1n) is 9.84. The van der Waals surface area contributed by atoms with E-state index in [1.165, 1.54) is 4.90 Å². The lowest BCUT2D eigenvalue weighted by Crippen LogP contribution is -2.37. The minimum Gasteiger partial charge on any atom is -0.598 e. The molecule has 31 heavy (non-hydrogen) atoms. The number of aromatic nitrogens is 2. The number of likely N-dealkylation sites (tertiary alicyclic amines) is 1. The van der Waals surface area contributed by atoms with Gasteiger partial charge in [0.15, 0.2) is 5.69 Å². The van der Waals surface area contributed by atoms with Gasteiger partial charge in [0.1, 0.15) is 6.26 Å². The maximum atomic E-state index is 12.8.